The van der Waals surface area contributed by atoms with Crippen LogP contribution in [0.3, 0.4) is 0 Å². The van der Waals surface area contributed by atoms with Gasteiger partial charge in [0, 0.05) is 13.0 Å². The van der Waals surface area contributed by atoms with Gasteiger partial charge in [-0.1, -0.05) is 24.3 Å². The van der Waals surface area contributed by atoms with Gasteiger partial charge in [-0.15, -0.1) is 12.4 Å². The molecule has 0 spiro atoms. The smallest absolute Gasteiger partial charge is 0.220 e. The highest BCUT2D eigenvalue weighted by Gasteiger charge is 2.15. The van der Waals surface area contributed by atoms with Crippen molar-refractivity contribution in [2.75, 3.05) is 13.1 Å². The first-order chi connectivity index (χ1) is 8.75. The van der Waals surface area contributed by atoms with Crippen LogP contribution >= 0.6 is 12.4 Å². The second-order valence-electron chi connectivity index (χ2n) is 5.10. The van der Waals surface area contributed by atoms with Crippen LogP contribution in [-0.2, 0) is 11.3 Å². The van der Waals surface area contributed by atoms with Crippen LogP contribution in [0, 0.1) is 12.8 Å². The van der Waals surface area contributed by atoms with Crippen molar-refractivity contribution in [3.63, 3.8) is 0 Å². The molecule has 1 atom stereocenters. The molecule has 1 aliphatic rings. The van der Waals surface area contributed by atoms with Crippen LogP contribution in [0.2, 0.25) is 0 Å². The van der Waals surface area contributed by atoms with Crippen LogP contribution in [-0.4, -0.2) is 19.0 Å². The van der Waals surface area contributed by atoms with Crippen molar-refractivity contribution >= 4 is 18.3 Å². The van der Waals surface area contributed by atoms with Gasteiger partial charge < -0.3 is 10.6 Å². The first-order valence-corrected chi connectivity index (χ1v) is 6.77. The van der Waals surface area contributed by atoms with Gasteiger partial charge in [0.25, 0.3) is 0 Å². The van der Waals surface area contributed by atoms with Gasteiger partial charge in [-0.2, -0.15) is 0 Å². The maximum absolute atomic E-state index is 11.8. The van der Waals surface area contributed by atoms with Crippen molar-refractivity contribution in [2.24, 2.45) is 5.92 Å². The highest BCUT2D eigenvalue weighted by atomic mass is 35.5. The highest BCUT2D eigenvalue weighted by molar-refractivity contribution is 5.85. The van der Waals surface area contributed by atoms with E-state index in [4.69, 9.17) is 0 Å². The Kier molecular flexibility index (Phi) is 6.89. The van der Waals surface area contributed by atoms with E-state index in [9.17, 15) is 4.79 Å². The van der Waals surface area contributed by atoms with Crippen LogP contribution in [0.5, 0.6) is 0 Å². The van der Waals surface area contributed by atoms with Crippen LogP contribution in [0.15, 0.2) is 24.3 Å². The average Bonchev–Trinajstić information content (AvgIpc) is 2.88. The van der Waals surface area contributed by atoms with Gasteiger partial charge >= 0.3 is 0 Å². The Balaban J connectivity index is 0.00000180. The molecule has 0 saturated carbocycles. The number of nitrogens with one attached hydrogen (secondary N) is 2. The number of carbonyl (C=O) groups excluding carboxylic acids is 1. The molecule has 3 nitrogen and oxygen atoms in total. The molecule has 106 valence electrons. The van der Waals surface area contributed by atoms with E-state index in [2.05, 4.69) is 29.7 Å². The van der Waals surface area contributed by atoms with Crippen molar-refractivity contribution in [3.05, 3.63) is 35.4 Å². The largest absolute Gasteiger partial charge is 0.352 e. The minimum atomic E-state index is 0. The molecule has 1 aromatic carbocycles. The zero-order chi connectivity index (χ0) is 12.8. The van der Waals surface area contributed by atoms with Crippen molar-refractivity contribution < 1.29 is 4.79 Å². The summed E-state index contributed by atoms with van der Waals surface area (Å²) in [6, 6.07) is 8.18. The Morgan fingerprint density at radius 1 is 1.42 bits per heavy atom. The minimum absolute atomic E-state index is 0. The lowest BCUT2D eigenvalue weighted by molar-refractivity contribution is -0.121. The molecule has 2 rings (SSSR count). The summed E-state index contributed by atoms with van der Waals surface area (Å²) in [5, 5.41) is 6.33. The molecule has 0 aliphatic carbocycles. The summed E-state index contributed by atoms with van der Waals surface area (Å²) < 4.78 is 0. The molecular formula is C15H23ClN2O. The van der Waals surface area contributed by atoms with E-state index in [1.807, 2.05) is 12.1 Å². The molecule has 4 heteroatoms. The van der Waals surface area contributed by atoms with Gasteiger partial charge in [-0.05, 0) is 49.9 Å². The molecular weight excluding hydrogens is 260 g/mol. The predicted molar refractivity (Wildman–Crippen MR) is 80.5 cm³/mol. The van der Waals surface area contributed by atoms with Crippen LogP contribution in [0.1, 0.15) is 30.4 Å². The van der Waals surface area contributed by atoms with Gasteiger partial charge in [-0.25, -0.2) is 0 Å². The molecule has 0 aromatic heterocycles. The summed E-state index contributed by atoms with van der Waals surface area (Å²) in [6.07, 6.45) is 2.87. The normalized spacial score (nSPS) is 17.8. The standard InChI is InChI=1S/C15H22N2O.ClH/c1-12-4-2-3-5-14(12)11-17-15(18)7-6-13-8-9-16-10-13;/h2-5,13,16H,6-11H2,1H3,(H,17,18);1H. The Morgan fingerprint density at radius 3 is 2.89 bits per heavy atom. The zero-order valence-corrected chi connectivity index (χ0v) is 12.3. The monoisotopic (exact) mass is 282 g/mol. The van der Waals surface area contributed by atoms with E-state index in [0.717, 1.165) is 19.5 Å². The molecule has 1 heterocycles. The fourth-order valence-electron chi connectivity index (χ4n) is 2.39. The molecule has 1 fully saturated rings. The summed E-state index contributed by atoms with van der Waals surface area (Å²) in [5.74, 6) is 0.861. The van der Waals surface area contributed by atoms with E-state index < -0.39 is 0 Å². The summed E-state index contributed by atoms with van der Waals surface area (Å²) in [7, 11) is 0. The summed E-state index contributed by atoms with van der Waals surface area (Å²) in [5.41, 5.74) is 2.44. The number of halogens is 1. The topological polar surface area (TPSA) is 41.1 Å². The first kappa shape index (κ1) is 16.0. The Hall–Kier alpha value is -1.06. The molecule has 1 aromatic rings. The third-order valence-corrected chi connectivity index (χ3v) is 3.68. The Morgan fingerprint density at radius 2 is 2.21 bits per heavy atom. The first-order valence-electron chi connectivity index (χ1n) is 6.77. The van der Waals surface area contributed by atoms with Crippen molar-refractivity contribution in [1.29, 1.82) is 0 Å². The molecule has 1 saturated heterocycles. The Labute approximate surface area is 121 Å². The third kappa shape index (κ3) is 5.21. The lowest BCUT2D eigenvalue weighted by Gasteiger charge is -2.10. The van der Waals surface area contributed by atoms with Gasteiger partial charge in [0.2, 0.25) is 5.91 Å². The van der Waals surface area contributed by atoms with Crippen molar-refractivity contribution in [3.8, 4) is 0 Å². The molecule has 19 heavy (non-hydrogen) atoms. The second-order valence-corrected chi connectivity index (χ2v) is 5.10. The molecule has 1 unspecified atom stereocenters. The zero-order valence-electron chi connectivity index (χ0n) is 11.4. The number of carbonyl (C=O) groups is 1. The SMILES string of the molecule is Cc1ccccc1CNC(=O)CCC1CCNC1.Cl. The molecule has 1 aliphatic heterocycles. The van der Waals surface area contributed by atoms with Gasteiger partial charge in [0.15, 0.2) is 0 Å². The second kappa shape index (κ2) is 8.18. The van der Waals surface area contributed by atoms with Gasteiger partial charge in [0.05, 0.1) is 0 Å². The quantitative estimate of drug-likeness (QED) is 0.871. The minimum Gasteiger partial charge on any atom is -0.352 e. The van der Waals surface area contributed by atoms with Crippen LogP contribution in [0.25, 0.3) is 0 Å². The summed E-state index contributed by atoms with van der Waals surface area (Å²) in [4.78, 5) is 11.8. The third-order valence-electron chi connectivity index (χ3n) is 3.68. The number of amides is 1. The fraction of sp³-hybridized carbons (Fsp3) is 0.533. The maximum atomic E-state index is 11.8. The number of hydrogen-bond acceptors (Lipinski definition) is 2. The number of rotatable bonds is 5. The fourth-order valence-corrected chi connectivity index (χ4v) is 2.39. The molecule has 0 radical (unpaired) electrons. The molecule has 1 amide bonds. The summed E-state index contributed by atoms with van der Waals surface area (Å²) >= 11 is 0. The van der Waals surface area contributed by atoms with E-state index in [1.54, 1.807) is 0 Å². The van der Waals surface area contributed by atoms with Gasteiger partial charge in [0.1, 0.15) is 0 Å². The lowest BCUT2D eigenvalue weighted by atomic mass is 10.0. The van der Waals surface area contributed by atoms with Gasteiger partial charge in [-0.3, -0.25) is 4.79 Å². The van der Waals surface area contributed by atoms with E-state index in [0.29, 0.717) is 18.9 Å². The number of hydrogen-bond donors (Lipinski definition) is 2. The van der Waals surface area contributed by atoms with E-state index >= 15 is 0 Å². The summed E-state index contributed by atoms with van der Waals surface area (Å²) in [6.45, 7) is 4.90. The Bertz CT molecular complexity index is 403. The highest BCUT2D eigenvalue weighted by Crippen LogP contribution is 2.14. The average molecular weight is 283 g/mol. The maximum Gasteiger partial charge on any atom is 0.220 e. The lowest BCUT2D eigenvalue weighted by Crippen LogP contribution is -2.23. The predicted octanol–water partition coefficient (Wildman–Crippen LogP) is 2.42. The molecule has 0 bridgehead atoms. The van der Waals surface area contributed by atoms with E-state index in [1.165, 1.54) is 17.5 Å². The van der Waals surface area contributed by atoms with Crippen molar-refractivity contribution in [2.45, 2.75) is 32.7 Å². The van der Waals surface area contributed by atoms with Crippen LogP contribution < -0.4 is 10.6 Å². The molecule has 2 N–H and O–H groups in total. The van der Waals surface area contributed by atoms with Crippen molar-refractivity contribution in [1.82, 2.24) is 10.6 Å². The number of aryl methyl sites for hydroxylation is 1. The van der Waals surface area contributed by atoms with E-state index in [-0.39, 0.29) is 18.3 Å². The number of benzene rings is 1. The van der Waals surface area contributed by atoms with Crippen LogP contribution in [0.4, 0.5) is 0 Å².